The summed E-state index contributed by atoms with van der Waals surface area (Å²) in [7, 11) is 1.94. The summed E-state index contributed by atoms with van der Waals surface area (Å²) in [6, 6.07) is 8.14. The molecule has 0 saturated heterocycles. The number of hydrogen-bond acceptors (Lipinski definition) is 3. The molecule has 0 spiro atoms. The second-order valence-electron chi connectivity index (χ2n) is 5.68. The number of carbonyl (C=O) groups excluding carboxylic acids is 1. The Hall–Kier alpha value is -1.20. The highest BCUT2D eigenvalue weighted by Crippen LogP contribution is 2.42. The largest absolute Gasteiger partial charge is 0.336 e. The average Bonchev–Trinajstić information content (AvgIpc) is 2.46. The van der Waals surface area contributed by atoms with Crippen LogP contribution in [-0.2, 0) is 0 Å². The predicted octanol–water partition coefficient (Wildman–Crippen LogP) is 3.37. The number of benzene rings is 1. The van der Waals surface area contributed by atoms with Gasteiger partial charge in [0.2, 0.25) is 0 Å². The number of amides is 2. The maximum absolute atomic E-state index is 11.9. The minimum atomic E-state index is -0.121. The molecule has 1 atom stereocenters. The third kappa shape index (κ3) is 4.14. The number of urea groups is 1. The van der Waals surface area contributed by atoms with Gasteiger partial charge in [0, 0.05) is 23.0 Å². The fourth-order valence-corrected chi connectivity index (χ4v) is 3.38. The van der Waals surface area contributed by atoms with E-state index in [1.54, 1.807) is 0 Å². The van der Waals surface area contributed by atoms with E-state index < -0.39 is 0 Å². The topological polar surface area (TPSA) is 53.2 Å². The van der Waals surface area contributed by atoms with Crippen LogP contribution in [-0.4, -0.2) is 30.6 Å². The fourth-order valence-electron chi connectivity index (χ4n) is 2.46. The molecular weight excluding hydrogens is 282 g/mol. The van der Waals surface area contributed by atoms with Crippen molar-refractivity contribution in [2.24, 2.45) is 0 Å². The molecule has 1 aromatic carbocycles. The Kier molecular flexibility index (Phi) is 5.53. The van der Waals surface area contributed by atoms with Crippen molar-refractivity contribution < 1.29 is 4.79 Å². The van der Waals surface area contributed by atoms with Gasteiger partial charge in [0.1, 0.15) is 0 Å². The molecule has 1 fully saturated rings. The highest BCUT2D eigenvalue weighted by atomic mass is 32.2. The summed E-state index contributed by atoms with van der Waals surface area (Å²) in [5.41, 5.74) is 2.03. The molecule has 1 aliphatic carbocycles. The Morgan fingerprint density at radius 1 is 1.33 bits per heavy atom. The van der Waals surface area contributed by atoms with Gasteiger partial charge >= 0.3 is 6.03 Å². The van der Waals surface area contributed by atoms with Crippen molar-refractivity contribution in [2.45, 2.75) is 37.0 Å². The Morgan fingerprint density at radius 3 is 2.48 bits per heavy atom. The van der Waals surface area contributed by atoms with Gasteiger partial charge < -0.3 is 16.0 Å². The zero-order chi connectivity index (χ0) is 15.3. The Morgan fingerprint density at radius 2 is 2.00 bits per heavy atom. The van der Waals surface area contributed by atoms with E-state index in [-0.39, 0.29) is 10.8 Å². The van der Waals surface area contributed by atoms with E-state index in [4.69, 9.17) is 0 Å². The Balaban J connectivity index is 1.82. The molecular formula is C16H25N3OS. The summed E-state index contributed by atoms with van der Waals surface area (Å²) >= 11 is 1.87. The lowest BCUT2D eigenvalue weighted by Crippen LogP contribution is -2.46. The second kappa shape index (κ2) is 7.18. The van der Waals surface area contributed by atoms with E-state index in [0.29, 0.717) is 6.04 Å². The van der Waals surface area contributed by atoms with Crippen LogP contribution < -0.4 is 16.0 Å². The van der Waals surface area contributed by atoms with Crippen molar-refractivity contribution in [3.05, 3.63) is 29.8 Å². The van der Waals surface area contributed by atoms with Crippen LogP contribution in [0.4, 0.5) is 10.5 Å². The van der Waals surface area contributed by atoms with Gasteiger partial charge in [-0.1, -0.05) is 18.6 Å². The third-order valence-electron chi connectivity index (χ3n) is 4.37. The predicted molar refractivity (Wildman–Crippen MR) is 91.0 cm³/mol. The van der Waals surface area contributed by atoms with E-state index >= 15 is 0 Å². The maximum atomic E-state index is 11.9. The number of anilines is 1. The summed E-state index contributed by atoms with van der Waals surface area (Å²) < 4.78 is 0.267. The lowest BCUT2D eigenvalue weighted by atomic mass is 9.84. The average molecular weight is 307 g/mol. The molecule has 4 nitrogen and oxygen atoms in total. The molecule has 2 amide bonds. The molecule has 0 heterocycles. The smallest absolute Gasteiger partial charge is 0.319 e. The SMILES string of the molecule is CNC(C)c1ccc(NC(=O)NCC2(SC)CCC2)cc1. The molecule has 2 rings (SSSR count). The highest BCUT2D eigenvalue weighted by Gasteiger charge is 2.36. The van der Waals surface area contributed by atoms with Crippen LogP contribution in [0.3, 0.4) is 0 Å². The molecule has 0 aliphatic heterocycles. The van der Waals surface area contributed by atoms with Crippen LogP contribution in [0.2, 0.25) is 0 Å². The van der Waals surface area contributed by atoms with E-state index in [1.165, 1.54) is 24.8 Å². The standard InChI is InChI=1S/C16H25N3OS/c1-12(17-2)13-5-7-14(8-6-13)19-15(20)18-11-16(21-3)9-4-10-16/h5-8,12,17H,4,9-11H2,1-3H3,(H2,18,19,20). The molecule has 21 heavy (non-hydrogen) atoms. The first-order valence-electron chi connectivity index (χ1n) is 7.46. The first-order valence-corrected chi connectivity index (χ1v) is 8.68. The number of hydrogen-bond donors (Lipinski definition) is 3. The summed E-state index contributed by atoms with van der Waals surface area (Å²) in [5, 5.41) is 9.08. The minimum absolute atomic E-state index is 0.121. The normalized spacial score (nSPS) is 17.7. The summed E-state index contributed by atoms with van der Waals surface area (Å²) in [4.78, 5) is 11.9. The van der Waals surface area contributed by atoms with E-state index in [1.807, 2.05) is 43.1 Å². The zero-order valence-corrected chi connectivity index (χ0v) is 13.8. The third-order valence-corrected chi connectivity index (χ3v) is 5.79. The van der Waals surface area contributed by atoms with Gasteiger partial charge in [-0.3, -0.25) is 0 Å². The van der Waals surface area contributed by atoms with Crippen LogP contribution in [0.1, 0.15) is 37.8 Å². The van der Waals surface area contributed by atoms with Crippen LogP contribution in [0.5, 0.6) is 0 Å². The Bertz CT molecular complexity index is 465. The molecule has 1 aliphatic rings. The van der Waals surface area contributed by atoms with Gasteiger partial charge in [-0.15, -0.1) is 0 Å². The highest BCUT2D eigenvalue weighted by molar-refractivity contribution is 8.00. The lowest BCUT2D eigenvalue weighted by molar-refractivity contribution is 0.247. The van der Waals surface area contributed by atoms with Crippen molar-refractivity contribution in [1.29, 1.82) is 0 Å². The van der Waals surface area contributed by atoms with E-state index in [9.17, 15) is 4.79 Å². The number of carbonyl (C=O) groups is 1. The minimum Gasteiger partial charge on any atom is -0.336 e. The lowest BCUT2D eigenvalue weighted by Gasteiger charge is -2.40. The number of thioether (sulfide) groups is 1. The quantitative estimate of drug-likeness (QED) is 0.755. The van der Waals surface area contributed by atoms with E-state index in [0.717, 1.165) is 12.2 Å². The summed E-state index contributed by atoms with van der Waals surface area (Å²) in [5.74, 6) is 0. The van der Waals surface area contributed by atoms with Crippen molar-refractivity contribution in [3.8, 4) is 0 Å². The van der Waals surface area contributed by atoms with Crippen molar-refractivity contribution in [2.75, 3.05) is 25.2 Å². The van der Waals surface area contributed by atoms with Gasteiger partial charge in [0.25, 0.3) is 0 Å². The molecule has 1 saturated carbocycles. The van der Waals surface area contributed by atoms with Gasteiger partial charge in [-0.25, -0.2) is 4.79 Å². The van der Waals surface area contributed by atoms with Crippen molar-refractivity contribution in [3.63, 3.8) is 0 Å². The molecule has 1 aromatic rings. The summed E-state index contributed by atoms with van der Waals surface area (Å²) in [6.07, 6.45) is 5.80. The molecule has 5 heteroatoms. The fraction of sp³-hybridized carbons (Fsp3) is 0.562. The maximum Gasteiger partial charge on any atom is 0.319 e. The molecule has 0 radical (unpaired) electrons. The van der Waals surface area contributed by atoms with Gasteiger partial charge in [-0.05, 0) is 50.8 Å². The van der Waals surface area contributed by atoms with E-state index in [2.05, 4.69) is 29.1 Å². The number of nitrogens with one attached hydrogen (secondary N) is 3. The molecule has 116 valence electrons. The van der Waals surface area contributed by atoms with Gasteiger partial charge in [0.05, 0.1) is 0 Å². The van der Waals surface area contributed by atoms with Crippen LogP contribution in [0.15, 0.2) is 24.3 Å². The van der Waals surface area contributed by atoms with Crippen LogP contribution in [0.25, 0.3) is 0 Å². The summed E-state index contributed by atoms with van der Waals surface area (Å²) in [6.45, 7) is 2.85. The van der Waals surface area contributed by atoms with Gasteiger partial charge in [0.15, 0.2) is 0 Å². The van der Waals surface area contributed by atoms with Crippen molar-refractivity contribution >= 4 is 23.5 Å². The number of rotatable bonds is 6. The monoisotopic (exact) mass is 307 g/mol. The van der Waals surface area contributed by atoms with Crippen LogP contribution in [0, 0.1) is 0 Å². The second-order valence-corrected chi connectivity index (χ2v) is 6.96. The molecule has 3 N–H and O–H groups in total. The first kappa shape index (κ1) is 16.2. The molecule has 1 unspecified atom stereocenters. The molecule has 0 aromatic heterocycles. The van der Waals surface area contributed by atoms with Gasteiger partial charge in [-0.2, -0.15) is 11.8 Å². The zero-order valence-electron chi connectivity index (χ0n) is 13.0. The van der Waals surface area contributed by atoms with Crippen molar-refractivity contribution in [1.82, 2.24) is 10.6 Å². The molecule has 0 bridgehead atoms. The van der Waals surface area contributed by atoms with Crippen LogP contribution >= 0.6 is 11.8 Å². The first-order chi connectivity index (χ1) is 10.1. The Labute approximate surface area is 131 Å².